The average molecular weight is 224 g/mol. The molecular formula is C14H28N2. The molecule has 0 aromatic carbocycles. The molecular weight excluding hydrogens is 196 g/mol. The Morgan fingerprint density at radius 1 is 1.12 bits per heavy atom. The van der Waals surface area contributed by atoms with Crippen molar-refractivity contribution in [2.75, 3.05) is 20.1 Å². The first-order valence-electron chi connectivity index (χ1n) is 7.26. The van der Waals surface area contributed by atoms with Crippen LogP contribution in [-0.2, 0) is 0 Å². The van der Waals surface area contributed by atoms with Crippen molar-refractivity contribution >= 4 is 0 Å². The molecule has 0 bridgehead atoms. The van der Waals surface area contributed by atoms with Gasteiger partial charge >= 0.3 is 0 Å². The molecule has 16 heavy (non-hydrogen) atoms. The van der Waals surface area contributed by atoms with Crippen LogP contribution in [0.15, 0.2) is 0 Å². The second-order valence-electron chi connectivity index (χ2n) is 5.61. The number of likely N-dealkylation sites (N-methyl/N-ethyl adjacent to an activating group) is 2. The Morgan fingerprint density at radius 2 is 1.81 bits per heavy atom. The third-order valence-corrected chi connectivity index (χ3v) is 4.49. The van der Waals surface area contributed by atoms with Crippen LogP contribution in [0.3, 0.4) is 0 Å². The maximum absolute atomic E-state index is 3.53. The van der Waals surface area contributed by atoms with Crippen LogP contribution in [-0.4, -0.2) is 37.1 Å². The molecule has 0 aromatic rings. The number of nitrogens with one attached hydrogen (secondary N) is 1. The molecule has 0 aliphatic heterocycles. The van der Waals surface area contributed by atoms with Crippen molar-refractivity contribution < 1.29 is 0 Å². The van der Waals surface area contributed by atoms with Crippen LogP contribution in [0.25, 0.3) is 0 Å². The first-order chi connectivity index (χ1) is 7.85. The van der Waals surface area contributed by atoms with Crippen molar-refractivity contribution in [1.29, 1.82) is 0 Å². The summed E-state index contributed by atoms with van der Waals surface area (Å²) in [5.41, 5.74) is 0. The quantitative estimate of drug-likeness (QED) is 0.746. The van der Waals surface area contributed by atoms with E-state index < -0.39 is 0 Å². The van der Waals surface area contributed by atoms with Crippen molar-refractivity contribution in [3.8, 4) is 0 Å². The Labute approximate surface area is 101 Å². The fourth-order valence-corrected chi connectivity index (χ4v) is 3.21. The Hall–Kier alpha value is -0.0800. The second-order valence-corrected chi connectivity index (χ2v) is 5.61. The first kappa shape index (κ1) is 12.4. The van der Waals surface area contributed by atoms with Gasteiger partial charge in [-0.1, -0.05) is 26.2 Å². The second kappa shape index (κ2) is 6.02. The van der Waals surface area contributed by atoms with Crippen molar-refractivity contribution in [2.45, 2.75) is 64.0 Å². The molecule has 0 aromatic heterocycles. The molecule has 1 atom stereocenters. The van der Waals surface area contributed by atoms with Gasteiger partial charge in [0.15, 0.2) is 0 Å². The van der Waals surface area contributed by atoms with Gasteiger partial charge in [-0.25, -0.2) is 0 Å². The van der Waals surface area contributed by atoms with E-state index in [1.807, 2.05) is 0 Å². The summed E-state index contributed by atoms with van der Waals surface area (Å²) in [6.07, 6.45) is 10.2. The molecule has 2 rings (SSSR count). The maximum Gasteiger partial charge on any atom is 0.0220 e. The Kier molecular flexibility index (Phi) is 4.66. The zero-order chi connectivity index (χ0) is 11.4. The number of hydrogen-bond donors (Lipinski definition) is 1. The van der Waals surface area contributed by atoms with Crippen LogP contribution >= 0.6 is 0 Å². The minimum absolute atomic E-state index is 0.752. The van der Waals surface area contributed by atoms with Crippen molar-refractivity contribution in [2.24, 2.45) is 5.92 Å². The molecule has 2 heteroatoms. The zero-order valence-corrected chi connectivity index (χ0v) is 11.0. The predicted molar refractivity (Wildman–Crippen MR) is 69.7 cm³/mol. The van der Waals surface area contributed by atoms with Gasteiger partial charge in [0.1, 0.15) is 0 Å². The molecule has 0 radical (unpaired) electrons. The highest BCUT2D eigenvalue weighted by Crippen LogP contribution is 2.33. The summed E-state index contributed by atoms with van der Waals surface area (Å²) < 4.78 is 0. The summed E-state index contributed by atoms with van der Waals surface area (Å²) in [4.78, 5) is 2.73. The van der Waals surface area contributed by atoms with Crippen molar-refractivity contribution in [3.05, 3.63) is 0 Å². The van der Waals surface area contributed by atoms with Crippen molar-refractivity contribution in [1.82, 2.24) is 10.2 Å². The monoisotopic (exact) mass is 224 g/mol. The summed E-state index contributed by atoms with van der Waals surface area (Å²) in [5, 5.41) is 3.53. The van der Waals surface area contributed by atoms with Gasteiger partial charge in [-0.3, -0.25) is 4.90 Å². The maximum atomic E-state index is 3.53. The zero-order valence-electron chi connectivity index (χ0n) is 11.0. The van der Waals surface area contributed by atoms with E-state index in [0.29, 0.717) is 0 Å². The van der Waals surface area contributed by atoms with E-state index in [0.717, 1.165) is 18.0 Å². The lowest BCUT2D eigenvalue weighted by molar-refractivity contribution is 0.145. The van der Waals surface area contributed by atoms with Crippen molar-refractivity contribution in [3.63, 3.8) is 0 Å². The molecule has 2 aliphatic rings. The third kappa shape index (κ3) is 3.21. The van der Waals surface area contributed by atoms with Gasteiger partial charge in [-0.15, -0.1) is 0 Å². The highest BCUT2D eigenvalue weighted by Gasteiger charge is 2.32. The van der Waals surface area contributed by atoms with Crippen LogP contribution in [0.2, 0.25) is 0 Å². The van der Waals surface area contributed by atoms with Gasteiger partial charge in [0.25, 0.3) is 0 Å². The Morgan fingerprint density at radius 3 is 2.31 bits per heavy atom. The minimum atomic E-state index is 0.752. The van der Waals surface area contributed by atoms with Gasteiger partial charge in [0.2, 0.25) is 0 Å². The average Bonchev–Trinajstić information content (AvgIpc) is 3.16. The van der Waals surface area contributed by atoms with Gasteiger partial charge in [-0.2, -0.15) is 0 Å². The van der Waals surface area contributed by atoms with E-state index in [-0.39, 0.29) is 0 Å². The van der Waals surface area contributed by atoms with Crippen LogP contribution in [0.5, 0.6) is 0 Å². The molecule has 2 fully saturated rings. The van der Waals surface area contributed by atoms with E-state index in [1.165, 1.54) is 58.0 Å². The molecule has 0 spiro atoms. The topological polar surface area (TPSA) is 15.3 Å². The highest BCUT2D eigenvalue weighted by atomic mass is 15.2. The van der Waals surface area contributed by atoms with E-state index in [1.54, 1.807) is 0 Å². The Balaban J connectivity index is 1.82. The van der Waals surface area contributed by atoms with E-state index in [2.05, 4.69) is 24.2 Å². The summed E-state index contributed by atoms with van der Waals surface area (Å²) in [6, 6.07) is 1.63. The largest absolute Gasteiger partial charge is 0.315 e. The molecule has 0 heterocycles. The van der Waals surface area contributed by atoms with Gasteiger partial charge in [0.05, 0.1) is 0 Å². The lowest BCUT2D eigenvalue weighted by atomic mass is 9.93. The van der Waals surface area contributed by atoms with Crippen LogP contribution in [0, 0.1) is 5.92 Å². The molecule has 2 aliphatic carbocycles. The smallest absolute Gasteiger partial charge is 0.0220 e. The fraction of sp³-hybridized carbons (Fsp3) is 1.00. The highest BCUT2D eigenvalue weighted by molar-refractivity contribution is 4.89. The van der Waals surface area contributed by atoms with E-state index >= 15 is 0 Å². The lowest BCUT2D eigenvalue weighted by Gasteiger charge is -2.36. The molecule has 1 unspecified atom stereocenters. The van der Waals surface area contributed by atoms with E-state index in [9.17, 15) is 0 Å². The number of hydrogen-bond acceptors (Lipinski definition) is 2. The molecule has 0 saturated heterocycles. The fourth-order valence-electron chi connectivity index (χ4n) is 3.21. The molecule has 2 saturated carbocycles. The molecule has 0 amide bonds. The number of nitrogens with zero attached hydrogens (tertiary/aromatic N) is 1. The summed E-state index contributed by atoms with van der Waals surface area (Å²) in [6.45, 7) is 4.84. The van der Waals surface area contributed by atoms with E-state index in [4.69, 9.17) is 0 Å². The van der Waals surface area contributed by atoms with Crippen LogP contribution in [0.1, 0.15) is 51.9 Å². The standard InChI is InChI=1S/C14H28N2/c1-3-16(13-7-5-4-6-8-13)11-14(15-2)12-9-10-12/h12-15H,3-11H2,1-2H3. The van der Waals surface area contributed by atoms with Crippen LogP contribution in [0.4, 0.5) is 0 Å². The summed E-state index contributed by atoms with van der Waals surface area (Å²) >= 11 is 0. The Bertz CT molecular complexity index is 195. The molecule has 94 valence electrons. The van der Waals surface area contributed by atoms with Gasteiger partial charge < -0.3 is 5.32 Å². The first-order valence-corrected chi connectivity index (χ1v) is 7.26. The lowest BCUT2D eigenvalue weighted by Crippen LogP contribution is -2.46. The van der Waals surface area contributed by atoms with Crippen LogP contribution < -0.4 is 5.32 Å². The normalized spacial score (nSPS) is 24.9. The minimum Gasteiger partial charge on any atom is -0.315 e. The summed E-state index contributed by atoms with van der Waals surface area (Å²) in [7, 11) is 2.14. The molecule has 2 nitrogen and oxygen atoms in total. The number of rotatable bonds is 6. The third-order valence-electron chi connectivity index (χ3n) is 4.49. The predicted octanol–water partition coefficient (Wildman–Crippen LogP) is 2.64. The van der Waals surface area contributed by atoms with Gasteiger partial charge in [-0.05, 0) is 45.2 Å². The SMILES string of the molecule is CCN(CC(NC)C1CC1)C1CCCCC1. The molecule has 1 N–H and O–H groups in total. The summed E-state index contributed by atoms with van der Waals surface area (Å²) in [5.74, 6) is 0.975. The van der Waals surface area contributed by atoms with Gasteiger partial charge in [0, 0.05) is 18.6 Å².